The predicted octanol–water partition coefficient (Wildman–Crippen LogP) is 2.99. The van der Waals surface area contributed by atoms with Crippen molar-refractivity contribution in [3.8, 4) is 6.01 Å². The van der Waals surface area contributed by atoms with Gasteiger partial charge in [-0.3, -0.25) is 4.57 Å². The Morgan fingerprint density at radius 3 is 2.84 bits per heavy atom. The molecule has 2 aromatic rings. The third kappa shape index (κ3) is 2.03. The van der Waals surface area contributed by atoms with Gasteiger partial charge in [-0.25, -0.2) is 0 Å². The lowest BCUT2D eigenvalue weighted by Gasteiger charge is -2.07. The molecular formula is C15H17N3O. The zero-order valence-corrected chi connectivity index (χ0v) is 11.3. The standard InChI is InChI=1S/C15H17N3O/c1-3-11-10-18-14(16-17-15(18)19-4-2)9-12-7-5-6-8-13(11)12/h5-8,10H,3-4,9H2,1-2H3. The Hall–Kier alpha value is -2.10. The van der Waals surface area contributed by atoms with Crippen LogP contribution in [0.5, 0.6) is 6.01 Å². The molecule has 1 aliphatic rings. The van der Waals surface area contributed by atoms with Gasteiger partial charge < -0.3 is 4.74 Å². The highest BCUT2D eigenvalue weighted by Gasteiger charge is 2.18. The van der Waals surface area contributed by atoms with E-state index >= 15 is 0 Å². The van der Waals surface area contributed by atoms with Crippen LogP contribution in [0.3, 0.4) is 0 Å². The predicted molar refractivity (Wildman–Crippen MR) is 74.9 cm³/mol. The molecule has 0 N–H and O–H groups in total. The Labute approximate surface area is 112 Å². The maximum Gasteiger partial charge on any atom is 0.321 e. The molecule has 0 bridgehead atoms. The summed E-state index contributed by atoms with van der Waals surface area (Å²) in [6.07, 6.45) is 3.86. The van der Waals surface area contributed by atoms with Gasteiger partial charge in [0.05, 0.1) is 6.61 Å². The minimum atomic E-state index is 0.580. The molecule has 4 nitrogen and oxygen atoms in total. The van der Waals surface area contributed by atoms with Gasteiger partial charge in [-0.15, -0.1) is 5.10 Å². The smallest absolute Gasteiger partial charge is 0.321 e. The Bertz CT molecular complexity index is 628. The van der Waals surface area contributed by atoms with E-state index in [4.69, 9.17) is 4.74 Å². The molecule has 0 saturated carbocycles. The molecule has 0 radical (unpaired) electrons. The topological polar surface area (TPSA) is 39.9 Å². The van der Waals surface area contributed by atoms with Crippen LogP contribution in [-0.2, 0) is 6.42 Å². The fourth-order valence-corrected chi connectivity index (χ4v) is 2.45. The number of rotatable bonds is 3. The average molecular weight is 255 g/mol. The highest BCUT2D eigenvalue weighted by atomic mass is 16.5. The molecule has 3 rings (SSSR count). The molecule has 19 heavy (non-hydrogen) atoms. The fraction of sp³-hybridized carbons (Fsp3) is 0.333. The minimum absolute atomic E-state index is 0.580. The van der Waals surface area contributed by atoms with Crippen molar-refractivity contribution in [1.29, 1.82) is 0 Å². The summed E-state index contributed by atoms with van der Waals surface area (Å²) in [5.41, 5.74) is 3.89. The van der Waals surface area contributed by atoms with Gasteiger partial charge >= 0.3 is 6.01 Å². The van der Waals surface area contributed by atoms with E-state index in [0.29, 0.717) is 12.6 Å². The van der Waals surface area contributed by atoms with Crippen LogP contribution in [0.15, 0.2) is 24.3 Å². The van der Waals surface area contributed by atoms with Crippen molar-refractivity contribution in [3.63, 3.8) is 0 Å². The Morgan fingerprint density at radius 2 is 2.05 bits per heavy atom. The zero-order chi connectivity index (χ0) is 13.2. The van der Waals surface area contributed by atoms with Gasteiger partial charge in [0.25, 0.3) is 0 Å². The maximum absolute atomic E-state index is 5.54. The van der Waals surface area contributed by atoms with Crippen LogP contribution in [0, 0.1) is 0 Å². The second-order valence-electron chi connectivity index (χ2n) is 4.54. The molecule has 4 heteroatoms. The van der Waals surface area contributed by atoms with Crippen LogP contribution in [-0.4, -0.2) is 21.4 Å². The quantitative estimate of drug-likeness (QED) is 0.846. The molecule has 1 aromatic heterocycles. The van der Waals surface area contributed by atoms with Crippen LogP contribution in [0.1, 0.15) is 37.2 Å². The number of allylic oxidation sites excluding steroid dienone is 1. The molecule has 0 spiro atoms. The second kappa shape index (κ2) is 4.88. The summed E-state index contributed by atoms with van der Waals surface area (Å²) in [5.74, 6) is 0.930. The lowest BCUT2D eigenvalue weighted by atomic mass is 9.97. The number of hydrogen-bond acceptors (Lipinski definition) is 3. The lowest BCUT2D eigenvalue weighted by molar-refractivity contribution is 0.307. The average Bonchev–Trinajstić information content (AvgIpc) is 2.72. The van der Waals surface area contributed by atoms with Gasteiger partial charge in [0.15, 0.2) is 0 Å². The van der Waals surface area contributed by atoms with Crippen molar-refractivity contribution >= 4 is 11.8 Å². The maximum atomic E-state index is 5.54. The molecule has 0 atom stereocenters. The first-order valence-electron chi connectivity index (χ1n) is 6.69. The van der Waals surface area contributed by atoms with Gasteiger partial charge in [-0.1, -0.05) is 36.3 Å². The fourth-order valence-electron chi connectivity index (χ4n) is 2.45. The molecule has 0 amide bonds. The van der Waals surface area contributed by atoms with E-state index in [1.54, 1.807) is 0 Å². The summed E-state index contributed by atoms with van der Waals surface area (Å²) >= 11 is 0. The minimum Gasteiger partial charge on any atom is -0.464 e. The molecule has 0 unspecified atom stereocenters. The summed E-state index contributed by atoms with van der Waals surface area (Å²) < 4.78 is 7.51. The molecule has 1 aromatic carbocycles. The van der Waals surface area contributed by atoms with Gasteiger partial charge in [-0.05, 0) is 30.0 Å². The second-order valence-corrected chi connectivity index (χ2v) is 4.54. The Balaban J connectivity index is 2.15. The zero-order valence-electron chi connectivity index (χ0n) is 11.3. The number of fused-ring (bicyclic) bond motifs is 2. The molecule has 0 fully saturated rings. The first-order valence-corrected chi connectivity index (χ1v) is 6.69. The molecule has 98 valence electrons. The number of ether oxygens (including phenoxy) is 1. The number of benzene rings is 1. The monoisotopic (exact) mass is 255 g/mol. The largest absolute Gasteiger partial charge is 0.464 e. The van der Waals surface area contributed by atoms with E-state index in [-0.39, 0.29) is 0 Å². The first kappa shape index (κ1) is 12.0. The van der Waals surface area contributed by atoms with E-state index in [9.17, 15) is 0 Å². The van der Waals surface area contributed by atoms with E-state index in [1.165, 1.54) is 16.7 Å². The van der Waals surface area contributed by atoms with Crippen molar-refractivity contribution in [3.05, 3.63) is 41.2 Å². The van der Waals surface area contributed by atoms with Crippen molar-refractivity contribution in [1.82, 2.24) is 14.8 Å². The van der Waals surface area contributed by atoms with Gasteiger partial charge in [-0.2, -0.15) is 0 Å². The summed E-state index contributed by atoms with van der Waals surface area (Å²) in [6, 6.07) is 9.06. The number of aromatic nitrogens is 3. The normalized spacial score (nSPS) is 13.3. The van der Waals surface area contributed by atoms with Crippen molar-refractivity contribution in [2.45, 2.75) is 26.7 Å². The molecule has 0 saturated heterocycles. The molecule has 0 aliphatic carbocycles. The summed E-state index contributed by atoms with van der Waals surface area (Å²) in [4.78, 5) is 0. The van der Waals surface area contributed by atoms with Crippen LogP contribution in [0.2, 0.25) is 0 Å². The first-order chi connectivity index (χ1) is 9.33. The number of nitrogens with zero attached hydrogens (tertiary/aromatic N) is 3. The molecular weight excluding hydrogens is 238 g/mol. The third-order valence-electron chi connectivity index (χ3n) is 3.39. The highest BCUT2D eigenvalue weighted by Crippen LogP contribution is 2.30. The van der Waals surface area contributed by atoms with E-state index in [0.717, 1.165) is 18.7 Å². The van der Waals surface area contributed by atoms with Gasteiger partial charge in [0, 0.05) is 12.6 Å². The third-order valence-corrected chi connectivity index (χ3v) is 3.39. The van der Waals surface area contributed by atoms with E-state index < -0.39 is 0 Å². The number of hydrogen-bond donors (Lipinski definition) is 0. The van der Waals surface area contributed by atoms with Crippen LogP contribution >= 0.6 is 0 Å². The Morgan fingerprint density at radius 1 is 1.21 bits per heavy atom. The summed E-state index contributed by atoms with van der Waals surface area (Å²) in [6.45, 7) is 4.72. The van der Waals surface area contributed by atoms with Crippen LogP contribution in [0.25, 0.3) is 11.8 Å². The molecule has 1 aliphatic heterocycles. The summed E-state index contributed by atoms with van der Waals surface area (Å²) in [5, 5.41) is 8.36. The van der Waals surface area contributed by atoms with Gasteiger partial charge in [0.1, 0.15) is 5.82 Å². The van der Waals surface area contributed by atoms with Crippen molar-refractivity contribution in [2.24, 2.45) is 0 Å². The lowest BCUT2D eigenvalue weighted by Crippen LogP contribution is -2.01. The van der Waals surface area contributed by atoms with Crippen LogP contribution in [0.4, 0.5) is 0 Å². The van der Waals surface area contributed by atoms with E-state index in [1.807, 2.05) is 11.5 Å². The van der Waals surface area contributed by atoms with Crippen molar-refractivity contribution in [2.75, 3.05) is 6.61 Å². The van der Waals surface area contributed by atoms with E-state index in [2.05, 4.69) is 47.6 Å². The van der Waals surface area contributed by atoms with Gasteiger partial charge in [0.2, 0.25) is 0 Å². The van der Waals surface area contributed by atoms with Crippen molar-refractivity contribution < 1.29 is 4.74 Å². The Kier molecular flexibility index (Phi) is 3.07. The van der Waals surface area contributed by atoms with Crippen LogP contribution < -0.4 is 4.74 Å². The summed E-state index contributed by atoms with van der Waals surface area (Å²) in [7, 11) is 0. The SMILES string of the molecule is CCOc1nnc2n1C=C(CC)c1ccccc1C2. The highest BCUT2D eigenvalue weighted by molar-refractivity contribution is 5.78. The molecule has 2 heterocycles.